The first kappa shape index (κ1) is 10.4. The average Bonchev–Trinajstić information content (AvgIpc) is 2.24. The number of rotatable bonds is 4. The summed E-state index contributed by atoms with van der Waals surface area (Å²) in [5.74, 6) is 0.989. The highest BCUT2D eigenvalue weighted by molar-refractivity contribution is 5.39. The summed E-state index contributed by atoms with van der Waals surface area (Å²) < 4.78 is 0. The molecule has 0 radical (unpaired) electrons. The lowest BCUT2D eigenvalue weighted by molar-refractivity contribution is 0.269. The Balaban J connectivity index is 2.09. The standard InChI is InChI=1S/C12H19N3/c1-3-10-8-11(14-9-13-10)15-12(4-2)6-5-7-12/h8-9H,3-7H2,1-2H3,(H,13,14,15). The fourth-order valence-electron chi connectivity index (χ4n) is 2.10. The van der Waals surface area contributed by atoms with E-state index in [1.807, 2.05) is 0 Å². The van der Waals surface area contributed by atoms with E-state index in [0.29, 0.717) is 5.54 Å². The van der Waals surface area contributed by atoms with Gasteiger partial charge in [-0.05, 0) is 32.1 Å². The average molecular weight is 205 g/mol. The zero-order chi connectivity index (χ0) is 10.7. The second-order valence-corrected chi connectivity index (χ2v) is 4.36. The smallest absolute Gasteiger partial charge is 0.130 e. The van der Waals surface area contributed by atoms with Crippen molar-refractivity contribution in [2.24, 2.45) is 0 Å². The second-order valence-electron chi connectivity index (χ2n) is 4.36. The molecule has 15 heavy (non-hydrogen) atoms. The Bertz CT molecular complexity index is 326. The predicted octanol–water partition coefficient (Wildman–Crippen LogP) is 2.78. The molecule has 1 aliphatic carbocycles. The third kappa shape index (κ3) is 2.11. The van der Waals surface area contributed by atoms with Crippen LogP contribution in [0.1, 0.15) is 45.2 Å². The van der Waals surface area contributed by atoms with Crippen LogP contribution in [0.15, 0.2) is 12.4 Å². The molecule has 1 aliphatic rings. The molecule has 2 rings (SSSR count). The molecule has 0 atom stereocenters. The number of aromatic nitrogens is 2. The minimum atomic E-state index is 0.319. The fraction of sp³-hybridized carbons (Fsp3) is 0.667. The molecule has 1 saturated carbocycles. The molecule has 1 N–H and O–H groups in total. The Kier molecular flexibility index (Phi) is 2.89. The van der Waals surface area contributed by atoms with E-state index in [-0.39, 0.29) is 0 Å². The van der Waals surface area contributed by atoms with Crippen molar-refractivity contribution in [1.29, 1.82) is 0 Å². The highest BCUT2D eigenvalue weighted by Crippen LogP contribution is 2.37. The molecule has 0 saturated heterocycles. The number of anilines is 1. The molecule has 1 fully saturated rings. The lowest BCUT2D eigenvalue weighted by atomic mass is 9.75. The van der Waals surface area contributed by atoms with Gasteiger partial charge >= 0.3 is 0 Å². The number of hydrogen-bond acceptors (Lipinski definition) is 3. The van der Waals surface area contributed by atoms with E-state index in [0.717, 1.165) is 17.9 Å². The van der Waals surface area contributed by atoms with E-state index in [2.05, 4.69) is 35.2 Å². The van der Waals surface area contributed by atoms with E-state index < -0.39 is 0 Å². The van der Waals surface area contributed by atoms with Gasteiger partial charge in [0.1, 0.15) is 12.1 Å². The minimum absolute atomic E-state index is 0.319. The molecule has 1 aromatic rings. The Hall–Kier alpha value is -1.12. The number of nitrogens with zero attached hydrogens (tertiary/aromatic N) is 2. The van der Waals surface area contributed by atoms with Gasteiger partial charge in [-0.25, -0.2) is 9.97 Å². The first-order chi connectivity index (χ1) is 7.28. The van der Waals surface area contributed by atoms with Gasteiger partial charge in [0, 0.05) is 17.3 Å². The Labute approximate surface area is 91.3 Å². The maximum absolute atomic E-state index is 4.28. The van der Waals surface area contributed by atoms with Crippen LogP contribution in [0.3, 0.4) is 0 Å². The maximum Gasteiger partial charge on any atom is 0.130 e. The van der Waals surface area contributed by atoms with E-state index in [9.17, 15) is 0 Å². The van der Waals surface area contributed by atoms with E-state index in [1.165, 1.54) is 25.7 Å². The molecule has 0 spiro atoms. The third-order valence-corrected chi connectivity index (χ3v) is 3.47. The highest BCUT2D eigenvalue weighted by atomic mass is 15.1. The van der Waals surface area contributed by atoms with Crippen LogP contribution in [-0.2, 0) is 6.42 Å². The molecule has 0 unspecified atom stereocenters. The largest absolute Gasteiger partial charge is 0.365 e. The monoisotopic (exact) mass is 205 g/mol. The molecule has 1 aromatic heterocycles. The van der Waals surface area contributed by atoms with E-state index >= 15 is 0 Å². The van der Waals surface area contributed by atoms with Crippen LogP contribution in [-0.4, -0.2) is 15.5 Å². The van der Waals surface area contributed by atoms with Gasteiger partial charge in [0.25, 0.3) is 0 Å². The minimum Gasteiger partial charge on any atom is -0.365 e. The first-order valence-corrected chi connectivity index (χ1v) is 5.87. The normalized spacial score (nSPS) is 18.3. The van der Waals surface area contributed by atoms with Gasteiger partial charge in [0.15, 0.2) is 0 Å². The lowest BCUT2D eigenvalue weighted by Gasteiger charge is -2.42. The Morgan fingerprint density at radius 2 is 2.13 bits per heavy atom. The molecule has 3 nitrogen and oxygen atoms in total. The van der Waals surface area contributed by atoms with Crippen molar-refractivity contribution in [2.45, 2.75) is 51.5 Å². The molecule has 0 amide bonds. The first-order valence-electron chi connectivity index (χ1n) is 5.87. The van der Waals surface area contributed by atoms with Crippen LogP contribution in [0.2, 0.25) is 0 Å². The Morgan fingerprint density at radius 1 is 1.33 bits per heavy atom. The van der Waals surface area contributed by atoms with Crippen molar-refractivity contribution in [2.75, 3.05) is 5.32 Å². The van der Waals surface area contributed by atoms with Gasteiger partial charge in [0.05, 0.1) is 0 Å². The summed E-state index contributed by atoms with van der Waals surface area (Å²) in [6, 6.07) is 2.07. The number of hydrogen-bond donors (Lipinski definition) is 1. The summed E-state index contributed by atoms with van der Waals surface area (Å²) in [5, 5.41) is 3.57. The van der Waals surface area contributed by atoms with E-state index in [4.69, 9.17) is 0 Å². The molecular weight excluding hydrogens is 186 g/mol. The molecular formula is C12H19N3. The van der Waals surface area contributed by atoms with Gasteiger partial charge in [-0.3, -0.25) is 0 Å². The number of aryl methyl sites for hydroxylation is 1. The summed E-state index contributed by atoms with van der Waals surface area (Å²) in [4.78, 5) is 8.49. The van der Waals surface area contributed by atoms with Crippen LogP contribution in [0.5, 0.6) is 0 Å². The van der Waals surface area contributed by atoms with Crippen LogP contribution in [0, 0.1) is 0 Å². The predicted molar refractivity (Wildman–Crippen MR) is 61.9 cm³/mol. The van der Waals surface area contributed by atoms with Gasteiger partial charge in [-0.2, -0.15) is 0 Å². The van der Waals surface area contributed by atoms with Crippen molar-refractivity contribution in [3.05, 3.63) is 18.1 Å². The maximum atomic E-state index is 4.28. The SMILES string of the molecule is CCc1cc(NC2(CC)CCC2)ncn1. The summed E-state index contributed by atoms with van der Waals surface area (Å²) in [6.07, 6.45) is 7.69. The fourth-order valence-corrected chi connectivity index (χ4v) is 2.10. The Morgan fingerprint density at radius 3 is 2.67 bits per heavy atom. The molecule has 0 aliphatic heterocycles. The second kappa shape index (κ2) is 4.17. The topological polar surface area (TPSA) is 37.8 Å². The molecule has 3 heteroatoms. The van der Waals surface area contributed by atoms with Crippen LogP contribution in [0.25, 0.3) is 0 Å². The van der Waals surface area contributed by atoms with Crippen LogP contribution >= 0.6 is 0 Å². The van der Waals surface area contributed by atoms with Gasteiger partial charge in [-0.15, -0.1) is 0 Å². The lowest BCUT2D eigenvalue weighted by Crippen LogP contribution is -2.44. The van der Waals surface area contributed by atoms with Gasteiger partial charge < -0.3 is 5.32 Å². The zero-order valence-electron chi connectivity index (χ0n) is 9.58. The molecule has 82 valence electrons. The molecule has 0 aromatic carbocycles. The summed E-state index contributed by atoms with van der Waals surface area (Å²) in [6.45, 7) is 4.36. The summed E-state index contributed by atoms with van der Waals surface area (Å²) >= 11 is 0. The van der Waals surface area contributed by atoms with Gasteiger partial charge in [0.2, 0.25) is 0 Å². The van der Waals surface area contributed by atoms with Crippen molar-refractivity contribution in [1.82, 2.24) is 9.97 Å². The molecule has 1 heterocycles. The van der Waals surface area contributed by atoms with E-state index in [1.54, 1.807) is 6.33 Å². The summed E-state index contributed by atoms with van der Waals surface area (Å²) in [7, 11) is 0. The molecule has 0 bridgehead atoms. The quantitative estimate of drug-likeness (QED) is 0.821. The number of nitrogens with one attached hydrogen (secondary N) is 1. The van der Waals surface area contributed by atoms with Crippen molar-refractivity contribution in [3.8, 4) is 0 Å². The van der Waals surface area contributed by atoms with Crippen LogP contribution in [0.4, 0.5) is 5.82 Å². The van der Waals surface area contributed by atoms with Crippen molar-refractivity contribution in [3.63, 3.8) is 0 Å². The zero-order valence-corrected chi connectivity index (χ0v) is 9.58. The highest BCUT2D eigenvalue weighted by Gasteiger charge is 2.35. The van der Waals surface area contributed by atoms with Crippen molar-refractivity contribution < 1.29 is 0 Å². The van der Waals surface area contributed by atoms with Crippen LogP contribution < -0.4 is 5.32 Å². The van der Waals surface area contributed by atoms with Gasteiger partial charge in [-0.1, -0.05) is 13.8 Å². The summed E-state index contributed by atoms with van der Waals surface area (Å²) in [5.41, 5.74) is 1.43. The van der Waals surface area contributed by atoms with Crippen molar-refractivity contribution >= 4 is 5.82 Å². The third-order valence-electron chi connectivity index (χ3n) is 3.47.